The molecular weight excluding hydrogens is 413 g/mol. The molecule has 0 N–H and O–H groups in total. The molecule has 1 aliphatic heterocycles. The van der Waals surface area contributed by atoms with Gasteiger partial charge in [-0.15, -0.1) is 0 Å². The molecule has 3 nitrogen and oxygen atoms in total. The van der Waals surface area contributed by atoms with Crippen molar-refractivity contribution in [2.24, 2.45) is 11.8 Å². The summed E-state index contributed by atoms with van der Waals surface area (Å²) in [6, 6.07) is 12.1. The van der Waals surface area contributed by atoms with Gasteiger partial charge in [0.05, 0.1) is 17.0 Å². The highest BCUT2D eigenvalue weighted by Crippen LogP contribution is 2.37. The third-order valence-electron chi connectivity index (χ3n) is 7.13. The predicted octanol–water partition coefficient (Wildman–Crippen LogP) is 6.41. The number of hydrogen-bond acceptors (Lipinski definition) is 2. The Morgan fingerprint density at radius 3 is 2.44 bits per heavy atom. The van der Waals surface area contributed by atoms with Crippen LogP contribution in [-0.2, 0) is 17.4 Å². The maximum Gasteiger partial charge on any atom is 0.416 e. The maximum atomic E-state index is 13.4. The van der Waals surface area contributed by atoms with E-state index < -0.39 is 11.7 Å². The molecule has 0 unspecified atom stereocenters. The number of anilines is 1. The van der Waals surface area contributed by atoms with Gasteiger partial charge in [0.2, 0.25) is 0 Å². The molecule has 1 saturated heterocycles. The number of carbonyl (C=O) groups excluding carboxylic acids is 1. The first kappa shape index (κ1) is 21.1. The molecule has 1 aliphatic carbocycles. The molecule has 1 aromatic heterocycles. The number of benzene rings is 2. The smallest absolute Gasteiger partial charge is 0.370 e. The summed E-state index contributed by atoms with van der Waals surface area (Å²) in [4.78, 5) is 13.7. The van der Waals surface area contributed by atoms with Crippen LogP contribution in [0.4, 0.5) is 18.9 Å². The first-order chi connectivity index (χ1) is 15.3. The first-order valence-corrected chi connectivity index (χ1v) is 11.4. The van der Waals surface area contributed by atoms with Crippen LogP contribution in [0.15, 0.2) is 48.7 Å². The van der Waals surface area contributed by atoms with Crippen LogP contribution in [0.1, 0.15) is 43.7 Å². The highest BCUT2D eigenvalue weighted by Gasteiger charge is 2.32. The molecule has 3 aromatic rings. The summed E-state index contributed by atoms with van der Waals surface area (Å²) in [6.45, 7) is 3.06. The summed E-state index contributed by atoms with van der Waals surface area (Å²) in [5.41, 5.74) is 3.15. The largest absolute Gasteiger partial charge is 0.416 e. The number of Topliss-reactive ketones (excluding diaryl/α,β-unsaturated/α-hetero) is 1. The highest BCUT2D eigenvalue weighted by molar-refractivity contribution is 5.87. The SMILES string of the molecule is CC(=O)C1CN(c2cccc(-n3cc(CC4CCCC4)c4cc(C(F)(F)F)ccc43)c2)C1. The van der Waals surface area contributed by atoms with Gasteiger partial charge in [0.1, 0.15) is 5.78 Å². The zero-order valence-electron chi connectivity index (χ0n) is 18.2. The molecule has 6 heteroatoms. The molecule has 32 heavy (non-hydrogen) atoms. The van der Waals surface area contributed by atoms with Crippen molar-refractivity contribution in [2.45, 2.75) is 45.2 Å². The number of rotatable bonds is 5. The van der Waals surface area contributed by atoms with Gasteiger partial charge in [0.15, 0.2) is 0 Å². The lowest BCUT2D eigenvalue weighted by atomic mass is 9.95. The van der Waals surface area contributed by atoms with Gasteiger partial charge in [-0.2, -0.15) is 13.2 Å². The Kier molecular flexibility index (Phi) is 5.26. The molecule has 168 valence electrons. The monoisotopic (exact) mass is 440 g/mol. The van der Waals surface area contributed by atoms with E-state index in [0.717, 1.165) is 41.7 Å². The van der Waals surface area contributed by atoms with Gasteiger partial charge in [-0.3, -0.25) is 4.79 Å². The van der Waals surface area contributed by atoms with Gasteiger partial charge in [0, 0.05) is 36.0 Å². The van der Waals surface area contributed by atoms with Crippen LogP contribution in [0.5, 0.6) is 0 Å². The molecule has 0 bridgehead atoms. The van der Waals surface area contributed by atoms with Gasteiger partial charge in [0.25, 0.3) is 0 Å². The van der Waals surface area contributed by atoms with Crippen LogP contribution in [0, 0.1) is 11.8 Å². The molecule has 2 fully saturated rings. The lowest BCUT2D eigenvalue weighted by Crippen LogP contribution is -2.49. The van der Waals surface area contributed by atoms with E-state index in [1.807, 2.05) is 29.0 Å². The van der Waals surface area contributed by atoms with Gasteiger partial charge in [-0.05, 0) is 61.2 Å². The first-order valence-electron chi connectivity index (χ1n) is 11.4. The van der Waals surface area contributed by atoms with E-state index >= 15 is 0 Å². The van der Waals surface area contributed by atoms with Crippen LogP contribution in [0.3, 0.4) is 0 Å². The molecule has 2 heterocycles. The van der Waals surface area contributed by atoms with Crippen molar-refractivity contribution in [1.29, 1.82) is 0 Å². The minimum atomic E-state index is -4.36. The number of hydrogen-bond donors (Lipinski definition) is 0. The fourth-order valence-corrected chi connectivity index (χ4v) is 5.16. The summed E-state index contributed by atoms with van der Waals surface area (Å²) in [7, 11) is 0. The second kappa shape index (κ2) is 7.98. The molecule has 0 atom stereocenters. The van der Waals surface area contributed by atoms with Crippen molar-refractivity contribution in [1.82, 2.24) is 4.57 Å². The van der Waals surface area contributed by atoms with Crippen LogP contribution < -0.4 is 4.90 Å². The standard InChI is InChI=1S/C26H27F3N2O/c1-17(32)20-14-30(15-20)22-7-4-8-23(13-22)31-16-19(11-18-5-2-3-6-18)24-12-21(26(27,28)29)9-10-25(24)31/h4,7-10,12-13,16,18,20H,2-3,5-6,11,14-15H2,1H3. The van der Waals surface area contributed by atoms with E-state index in [-0.39, 0.29) is 11.7 Å². The van der Waals surface area contributed by atoms with E-state index in [9.17, 15) is 18.0 Å². The van der Waals surface area contributed by atoms with Gasteiger partial charge in [-0.1, -0.05) is 31.7 Å². The third kappa shape index (κ3) is 3.91. The van der Waals surface area contributed by atoms with Crippen molar-refractivity contribution in [3.05, 3.63) is 59.8 Å². The summed E-state index contributed by atoms with van der Waals surface area (Å²) in [6.07, 6.45) is 3.19. The Morgan fingerprint density at radius 2 is 1.75 bits per heavy atom. The van der Waals surface area contributed by atoms with Crippen LogP contribution >= 0.6 is 0 Å². The second-order valence-electron chi connectivity index (χ2n) is 9.34. The summed E-state index contributed by atoms with van der Waals surface area (Å²) in [5.74, 6) is 0.843. The number of alkyl halides is 3. The van der Waals surface area contributed by atoms with E-state index in [2.05, 4.69) is 11.0 Å². The number of fused-ring (bicyclic) bond motifs is 1. The number of aromatic nitrogens is 1. The molecule has 2 aromatic carbocycles. The second-order valence-corrected chi connectivity index (χ2v) is 9.34. The van der Waals surface area contributed by atoms with E-state index in [1.165, 1.54) is 25.0 Å². The molecule has 1 saturated carbocycles. The number of ketones is 1. The average Bonchev–Trinajstić information content (AvgIpc) is 3.34. The fourth-order valence-electron chi connectivity index (χ4n) is 5.16. The fraction of sp³-hybridized carbons (Fsp3) is 0.423. The highest BCUT2D eigenvalue weighted by atomic mass is 19.4. The minimum Gasteiger partial charge on any atom is -0.370 e. The normalized spacial score (nSPS) is 17.8. The lowest BCUT2D eigenvalue weighted by molar-refractivity contribution is -0.137. The van der Waals surface area contributed by atoms with Crippen molar-refractivity contribution in [3.63, 3.8) is 0 Å². The van der Waals surface area contributed by atoms with Gasteiger partial charge >= 0.3 is 6.18 Å². The number of halogens is 3. The van der Waals surface area contributed by atoms with Crippen LogP contribution in [0.2, 0.25) is 0 Å². The van der Waals surface area contributed by atoms with Crippen molar-refractivity contribution in [3.8, 4) is 5.69 Å². The van der Waals surface area contributed by atoms with Gasteiger partial charge < -0.3 is 9.47 Å². The molecule has 0 amide bonds. The number of nitrogens with zero attached hydrogens (tertiary/aromatic N) is 2. The van der Waals surface area contributed by atoms with E-state index in [0.29, 0.717) is 24.4 Å². The van der Waals surface area contributed by atoms with E-state index in [4.69, 9.17) is 0 Å². The molecule has 0 radical (unpaired) electrons. The molecule has 0 spiro atoms. The Morgan fingerprint density at radius 1 is 1.03 bits per heavy atom. The molecule has 2 aliphatic rings. The topological polar surface area (TPSA) is 25.2 Å². The Labute approximate surface area is 185 Å². The third-order valence-corrected chi connectivity index (χ3v) is 7.13. The quantitative estimate of drug-likeness (QED) is 0.458. The Bertz CT molecular complexity index is 1150. The Hall–Kier alpha value is -2.76. The predicted molar refractivity (Wildman–Crippen MR) is 120 cm³/mol. The number of carbonyl (C=O) groups is 1. The van der Waals surface area contributed by atoms with Crippen LogP contribution in [-0.4, -0.2) is 23.4 Å². The molecule has 5 rings (SSSR count). The van der Waals surface area contributed by atoms with Crippen molar-refractivity contribution >= 4 is 22.4 Å². The summed E-state index contributed by atoms with van der Waals surface area (Å²) < 4.78 is 42.3. The average molecular weight is 441 g/mol. The Balaban J connectivity index is 1.53. The minimum absolute atomic E-state index is 0.0878. The maximum absolute atomic E-state index is 13.4. The summed E-state index contributed by atoms with van der Waals surface area (Å²) in [5, 5.41) is 0.692. The lowest BCUT2D eigenvalue weighted by Gasteiger charge is -2.39. The zero-order valence-corrected chi connectivity index (χ0v) is 18.2. The van der Waals surface area contributed by atoms with E-state index in [1.54, 1.807) is 13.0 Å². The zero-order chi connectivity index (χ0) is 22.5. The van der Waals surface area contributed by atoms with Crippen LogP contribution in [0.25, 0.3) is 16.6 Å². The summed E-state index contributed by atoms with van der Waals surface area (Å²) >= 11 is 0. The molecular formula is C26H27F3N2O. The van der Waals surface area contributed by atoms with Crippen molar-refractivity contribution < 1.29 is 18.0 Å². The van der Waals surface area contributed by atoms with Gasteiger partial charge in [-0.25, -0.2) is 0 Å². The van der Waals surface area contributed by atoms with Crippen molar-refractivity contribution in [2.75, 3.05) is 18.0 Å².